The van der Waals surface area contributed by atoms with Crippen LogP contribution in [0.3, 0.4) is 0 Å². The van der Waals surface area contributed by atoms with Gasteiger partial charge in [-0.2, -0.15) is 0 Å². The van der Waals surface area contributed by atoms with Gasteiger partial charge in [0.25, 0.3) is 0 Å². The van der Waals surface area contributed by atoms with Crippen molar-refractivity contribution in [1.29, 1.82) is 0 Å². The molecule has 0 radical (unpaired) electrons. The Hall–Kier alpha value is -1.81. The smallest absolute Gasteiger partial charge is 0.116 e. The second kappa shape index (κ2) is 4.22. The van der Waals surface area contributed by atoms with Crippen molar-refractivity contribution in [2.75, 3.05) is 31.1 Å². The van der Waals surface area contributed by atoms with Crippen molar-refractivity contribution in [2.24, 2.45) is 0 Å². The number of benzene rings is 1. The number of pyridine rings is 1. The fourth-order valence-electron chi connectivity index (χ4n) is 2.30. The van der Waals surface area contributed by atoms with Crippen LogP contribution in [0, 0.1) is 0 Å². The van der Waals surface area contributed by atoms with Gasteiger partial charge in [0.15, 0.2) is 0 Å². The maximum absolute atomic E-state index is 9.59. The molecule has 1 fully saturated rings. The van der Waals surface area contributed by atoms with E-state index in [-0.39, 0.29) is 0 Å². The van der Waals surface area contributed by atoms with Crippen molar-refractivity contribution >= 4 is 16.6 Å². The lowest BCUT2D eigenvalue weighted by atomic mass is 10.1. The van der Waals surface area contributed by atoms with Gasteiger partial charge in [0, 0.05) is 43.4 Å². The van der Waals surface area contributed by atoms with Gasteiger partial charge in [-0.05, 0) is 24.3 Å². The average molecular weight is 229 g/mol. The Labute approximate surface area is 99.9 Å². The molecule has 3 rings (SSSR count). The van der Waals surface area contributed by atoms with E-state index < -0.39 is 0 Å². The van der Waals surface area contributed by atoms with Gasteiger partial charge in [-0.15, -0.1) is 0 Å². The number of phenols is 1. The summed E-state index contributed by atoms with van der Waals surface area (Å²) in [4.78, 5) is 6.66. The molecule has 2 heterocycles. The largest absolute Gasteiger partial charge is 0.508 e. The summed E-state index contributed by atoms with van der Waals surface area (Å²) in [5.41, 5.74) is 2.09. The van der Waals surface area contributed by atoms with Gasteiger partial charge in [0.05, 0.1) is 5.52 Å². The van der Waals surface area contributed by atoms with E-state index in [0.29, 0.717) is 5.75 Å². The fraction of sp³-hybridized carbons (Fsp3) is 0.308. The summed E-state index contributed by atoms with van der Waals surface area (Å²) in [6, 6.07) is 7.35. The number of phenolic OH excluding ortho intramolecular Hbond substituents is 1. The first-order valence-corrected chi connectivity index (χ1v) is 5.88. The first-order chi connectivity index (χ1) is 8.34. The van der Waals surface area contributed by atoms with Crippen molar-refractivity contribution in [3.8, 4) is 5.75 Å². The monoisotopic (exact) mass is 229 g/mol. The molecule has 0 aliphatic carbocycles. The molecule has 4 heteroatoms. The zero-order valence-electron chi connectivity index (χ0n) is 9.56. The summed E-state index contributed by atoms with van der Waals surface area (Å²) in [6.07, 6.45) is 1.83. The van der Waals surface area contributed by atoms with E-state index in [1.807, 2.05) is 18.3 Å². The highest BCUT2D eigenvalue weighted by Crippen LogP contribution is 2.28. The van der Waals surface area contributed by atoms with E-state index in [1.54, 1.807) is 12.1 Å². The van der Waals surface area contributed by atoms with Crippen molar-refractivity contribution in [1.82, 2.24) is 10.3 Å². The van der Waals surface area contributed by atoms with E-state index in [4.69, 9.17) is 0 Å². The summed E-state index contributed by atoms with van der Waals surface area (Å²) in [5.74, 6) is 0.293. The first kappa shape index (κ1) is 10.4. The van der Waals surface area contributed by atoms with Crippen LogP contribution in [-0.2, 0) is 0 Å². The summed E-state index contributed by atoms with van der Waals surface area (Å²) in [5, 5.41) is 14.0. The Morgan fingerprint density at radius 2 is 2.00 bits per heavy atom. The second-order valence-electron chi connectivity index (χ2n) is 4.27. The van der Waals surface area contributed by atoms with Crippen LogP contribution in [0.25, 0.3) is 10.9 Å². The minimum atomic E-state index is 0.293. The zero-order chi connectivity index (χ0) is 11.7. The number of hydrogen-bond donors (Lipinski definition) is 2. The number of nitrogens with zero attached hydrogens (tertiary/aromatic N) is 2. The molecule has 88 valence electrons. The van der Waals surface area contributed by atoms with Crippen molar-refractivity contribution < 1.29 is 5.11 Å². The lowest BCUT2D eigenvalue weighted by molar-refractivity contribution is 0.476. The van der Waals surface area contributed by atoms with E-state index >= 15 is 0 Å². The number of aromatic nitrogens is 1. The van der Waals surface area contributed by atoms with Gasteiger partial charge in [-0.1, -0.05) is 0 Å². The highest BCUT2D eigenvalue weighted by molar-refractivity contribution is 5.92. The van der Waals surface area contributed by atoms with Gasteiger partial charge >= 0.3 is 0 Å². The third-order valence-electron chi connectivity index (χ3n) is 3.16. The Morgan fingerprint density at radius 3 is 2.82 bits per heavy atom. The maximum Gasteiger partial charge on any atom is 0.116 e. The third kappa shape index (κ3) is 1.91. The molecule has 2 aromatic rings. The van der Waals surface area contributed by atoms with Crippen LogP contribution in [0.5, 0.6) is 5.75 Å². The molecule has 0 saturated carbocycles. The van der Waals surface area contributed by atoms with E-state index in [9.17, 15) is 5.11 Å². The molecule has 4 nitrogen and oxygen atoms in total. The van der Waals surface area contributed by atoms with Gasteiger partial charge in [-0.3, -0.25) is 4.98 Å². The fourth-order valence-corrected chi connectivity index (χ4v) is 2.30. The predicted octanol–water partition coefficient (Wildman–Crippen LogP) is 1.35. The van der Waals surface area contributed by atoms with Crippen LogP contribution in [0.15, 0.2) is 30.5 Å². The number of hydrogen-bond acceptors (Lipinski definition) is 4. The molecule has 0 bridgehead atoms. The van der Waals surface area contributed by atoms with Gasteiger partial charge < -0.3 is 15.3 Å². The highest BCUT2D eigenvalue weighted by atomic mass is 16.3. The van der Waals surface area contributed by atoms with Crippen molar-refractivity contribution in [2.45, 2.75) is 0 Å². The van der Waals surface area contributed by atoms with E-state index in [2.05, 4.69) is 15.2 Å². The normalized spacial score (nSPS) is 16.4. The number of piperazine rings is 1. The van der Waals surface area contributed by atoms with E-state index in [0.717, 1.165) is 42.8 Å². The molecule has 1 aliphatic rings. The Bertz CT molecular complexity index is 535. The molecule has 1 aromatic heterocycles. The lowest BCUT2D eigenvalue weighted by Crippen LogP contribution is -2.43. The molecule has 0 atom stereocenters. The topological polar surface area (TPSA) is 48.4 Å². The molecule has 0 amide bonds. The Kier molecular flexibility index (Phi) is 2.57. The van der Waals surface area contributed by atoms with E-state index in [1.165, 1.54) is 0 Å². The van der Waals surface area contributed by atoms with Crippen LogP contribution in [0.1, 0.15) is 0 Å². The summed E-state index contributed by atoms with van der Waals surface area (Å²) in [7, 11) is 0. The van der Waals surface area contributed by atoms with Gasteiger partial charge in [-0.25, -0.2) is 0 Å². The summed E-state index contributed by atoms with van der Waals surface area (Å²) < 4.78 is 0. The number of rotatable bonds is 1. The third-order valence-corrected chi connectivity index (χ3v) is 3.16. The number of aromatic hydroxyl groups is 1. The SMILES string of the molecule is Oc1ccc2nccc(N3CCNCC3)c2c1. The molecule has 1 aromatic carbocycles. The molecular weight excluding hydrogens is 214 g/mol. The molecule has 2 N–H and O–H groups in total. The van der Waals surface area contributed by atoms with Crippen LogP contribution < -0.4 is 10.2 Å². The zero-order valence-corrected chi connectivity index (χ0v) is 9.56. The molecule has 0 unspecified atom stereocenters. The van der Waals surface area contributed by atoms with Crippen LogP contribution >= 0.6 is 0 Å². The second-order valence-corrected chi connectivity index (χ2v) is 4.27. The quantitative estimate of drug-likeness (QED) is 0.775. The van der Waals surface area contributed by atoms with Crippen LogP contribution in [-0.4, -0.2) is 36.3 Å². The van der Waals surface area contributed by atoms with Gasteiger partial charge in [0.1, 0.15) is 5.75 Å². The minimum Gasteiger partial charge on any atom is -0.508 e. The molecular formula is C13H15N3O. The standard InChI is InChI=1S/C13H15N3O/c17-10-1-2-12-11(9-10)13(3-4-15-12)16-7-5-14-6-8-16/h1-4,9,14,17H,5-8H2. The number of nitrogens with one attached hydrogen (secondary N) is 1. The van der Waals surface area contributed by atoms with Crippen LogP contribution in [0.4, 0.5) is 5.69 Å². The lowest BCUT2D eigenvalue weighted by Gasteiger charge is -2.30. The number of anilines is 1. The maximum atomic E-state index is 9.59. The Balaban J connectivity index is 2.11. The number of fused-ring (bicyclic) bond motifs is 1. The van der Waals surface area contributed by atoms with Crippen molar-refractivity contribution in [3.63, 3.8) is 0 Å². The minimum absolute atomic E-state index is 0.293. The highest BCUT2D eigenvalue weighted by Gasteiger charge is 2.13. The van der Waals surface area contributed by atoms with Gasteiger partial charge in [0.2, 0.25) is 0 Å². The predicted molar refractivity (Wildman–Crippen MR) is 68.5 cm³/mol. The summed E-state index contributed by atoms with van der Waals surface area (Å²) >= 11 is 0. The molecule has 0 spiro atoms. The molecule has 17 heavy (non-hydrogen) atoms. The van der Waals surface area contributed by atoms with Crippen LogP contribution in [0.2, 0.25) is 0 Å². The first-order valence-electron chi connectivity index (χ1n) is 5.88. The molecule has 1 saturated heterocycles. The Morgan fingerprint density at radius 1 is 1.18 bits per heavy atom. The summed E-state index contributed by atoms with van der Waals surface area (Å²) in [6.45, 7) is 3.99. The molecule has 1 aliphatic heterocycles. The average Bonchev–Trinajstić information content (AvgIpc) is 2.39. The van der Waals surface area contributed by atoms with Crippen molar-refractivity contribution in [3.05, 3.63) is 30.5 Å².